The Morgan fingerprint density at radius 1 is 1.21 bits per heavy atom. The summed E-state index contributed by atoms with van der Waals surface area (Å²) in [5.41, 5.74) is 3.29. The third-order valence-corrected chi connectivity index (χ3v) is 4.47. The van der Waals surface area contributed by atoms with E-state index in [9.17, 15) is 5.11 Å². The Kier molecular flexibility index (Phi) is 4.87. The van der Waals surface area contributed by atoms with Crippen LogP contribution in [0.1, 0.15) is 61.3 Å². The maximum Gasteiger partial charge on any atom is 0.122 e. The summed E-state index contributed by atoms with van der Waals surface area (Å²) >= 11 is 0. The number of rotatable bonds is 5. The van der Waals surface area contributed by atoms with Crippen molar-refractivity contribution in [1.29, 1.82) is 0 Å². The van der Waals surface area contributed by atoms with E-state index in [2.05, 4.69) is 13.0 Å². The fourth-order valence-corrected chi connectivity index (χ4v) is 3.24. The van der Waals surface area contributed by atoms with Gasteiger partial charge in [-0.1, -0.05) is 25.7 Å². The van der Waals surface area contributed by atoms with E-state index in [1.165, 1.54) is 25.7 Å². The number of ether oxygens (including phenoxy) is 1. The minimum Gasteiger partial charge on any atom is -0.496 e. The predicted octanol–water partition coefficient (Wildman–Crippen LogP) is 4.32. The highest BCUT2D eigenvalue weighted by Gasteiger charge is 2.18. The van der Waals surface area contributed by atoms with E-state index in [0.29, 0.717) is 0 Å². The molecule has 0 heterocycles. The zero-order chi connectivity index (χ0) is 13.8. The number of hydrogen-bond acceptors (Lipinski definition) is 2. The quantitative estimate of drug-likeness (QED) is 0.856. The number of aliphatic hydroxyl groups is 1. The Balaban J connectivity index is 2.01. The van der Waals surface area contributed by atoms with Crippen LogP contribution in [0.4, 0.5) is 0 Å². The molecule has 2 nitrogen and oxygen atoms in total. The fourth-order valence-electron chi connectivity index (χ4n) is 3.24. The molecular formula is C17H26O2. The normalized spacial score (nSPS) is 17.7. The lowest BCUT2D eigenvalue weighted by Gasteiger charge is -2.18. The summed E-state index contributed by atoms with van der Waals surface area (Å²) in [4.78, 5) is 0. The van der Waals surface area contributed by atoms with Gasteiger partial charge in [0.2, 0.25) is 0 Å². The highest BCUT2D eigenvalue weighted by Crippen LogP contribution is 2.33. The minimum atomic E-state index is -0.329. The van der Waals surface area contributed by atoms with Crippen molar-refractivity contribution in [3.05, 3.63) is 28.8 Å². The number of methoxy groups -OCH3 is 1. The van der Waals surface area contributed by atoms with Gasteiger partial charge in [0.05, 0.1) is 13.2 Å². The molecule has 1 aliphatic rings. The molecule has 0 spiro atoms. The highest BCUT2D eigenvalue weighted by atomic mass is 16.5. The molecule has 0 saturated heterocycles. The summed E-state index contributed by atoms with van der Waals surface area (Å²) in [5.74, 6) is 1.75. The lowest BCUT2D eigenvalue weighted by molar-refractivity contribution is 0.156. The summed E-state index contributed by atoms with van der Waals surface area (Å²) in [6, 6.07) is 4.11. The first-order valence-electron chi connectivity index (χ1n) is 7.45. The topological polar surface area (TPSA) is 29.5 Å². The van der Waals surface area contributed by atoms with E-state index >= 15 is 0 Å². The minimum absolute atomic E-state index is 0.329. The second kappa shape index (κ2) is 6.42. The van der Waals surface area contributed by atoms with Crippen molar-refractivity contribution in [2.24, 2.45) is 5.92 Å². The van der Waals surface area contributed by atoms with Crippen LogP contribution in [-0.2, 0) is 0 Å². The van der Waals surface area contributed by atoms with Crippen LogP contribution in [0, 0.1) is 19.8 Å². The molecule has 1 aliphatic carbocycles. The Morgan fingerprint density at radius 3 is 2.53 bits per heavy atom. The first-order valence-corrected chi connectivity index (χ1v) is 7.45. The first-order chi connectivity index (χ1) is 9.11. The van der Waals surface area contributed by atoms with Gasteiger partial charge in [0.15, 0.2) is 0 Å². The van der Waals surface area contributed by atoms with E-state index in [-0.39, 0.29) is 6.10 Å². The van der Waals surface area contributed by atoms with Crippen LogP contribution in [0.3, 0.4) is 0 Å². The summed E-state index contributed by atoms with van der Waals surface area (Å²) in [7, 11) is 1.69. The Morgan fingerprint density at radius 2 is 1.89 bits per heavy atom. The number of benzene rings is 1. The largest absolute Gasteiger partial charge is 0.496 e. The SMILES string of the molecule is COc1cc(C)c(C(O)CCC2CCCC2)cc1C. The van der Waals surface area contributed by atoms with Gasteiger partial charge >= 0.3 is 0 Å². The maximum atomic E-state index is 10.4. The van der Waals surface area contributed by atoms with E-state index in [1.807, 2.05) is 13.0 Å². The zero-order valence-corrected chi connectivity index (χ0v) is 12.4. The van der Waals surface area contributed by atoms with Gasteiger partial charge in [-0.3, -0.25) is 0 Å². The first kappa shape index (κ1) is 14.4. The van der Waals surface area contributed by atoms with Gasteiger partial charge < -0.3 is 9.84 Å². The molecule has 1 saturated carbocycles. The van der Waals surface area contributed by atoms with Crippen molar-refractivity contribution >= 4 is 0 Å². The van der Waals surface area contributed by atoms with E-state index in [1.54, 1.807) is 7.11 Å². The van der Waals surface area contributed by atoms with Crippen molar-refractivity contribution < 1.29 is 9.84 Å². The number of aryl methyl sites for hydroxylation is 2. The van der Waals surface area contributed by atoms with Gasteiger partial charge in [0.1, 0.15) is 5.75 Å². The van der Waals surface area contributed by atoms with E-state index in [0.717, 1.165) is 41.2 Å². The molecule has 0 amide bonds. The fraction of sp³-hybridized carbons (Fsp3) is 0.647. The third-order valence-electron chi connectivity index (χ3n) is 4.47. The maximum absolute atomic E-state index is 10.4. The van der Waals surface area contributed by atoms with Crippen LogP contribution in [0.25, 0.3) is 0 Å². The van der Waals surface area contributed by atoms with E-state index < -0.39 is 0 Å². The van der Waals surface area contributed by atoms with Gasteiger partial charge in [-0.15, -0.1) is 0 Å². The molecule has 0 bridgehead atoms. The van der Waals surface area contributed by atoms with Gasteiger partial charge in [0.25, 0.3) is 0 Å². The lowest BCUT2D eigenvalue weighted by Crippen LogP contribution is -2.04. The summed E-state index contributed by atoms with van der Waals surface area (Å²) in [5, 5.41) is 10.4. The Bertz CT molecular complexity index is 420. The van der Waals surface area contributed by atoms with Gasteiger partial charge in [-0.25, -0.2) is 0 Å². The Hall–Kier alpha value is -1.02. The van der Waals surface area contributed by atoms with E-state index in [4.69, 9.17) is 4.74 Å². The predicted molar refractivity (Wildman–Crippen MR) is 78.6 cm³/mol. The average Bonchev–Trinajstić information content (AvgIpc) is 2.91. The van der Waals surface area contributed by atoms with Crippen molar-refractivity contribution in [2.45, 2.75) is 58.5 Å². The molecule has 1 N–H and O–H groups in total. The van der Waals surface area contributed by atoms with Gasteiger partial charge in [0, 0.05) is 0 Å². The molecule has 2 heteroatoms. The molecule has 106 valence electrons. The van der Waals surface area contributed by atoms with Crippen LogP contribution in [0.5, 0.6) is 5.75 Å². The lowest BCUT2D eigenvalue weighted by atomic mass is 9.93. The average molecular weight is 262 g/mol. The number of hydrogen-bond donors (Lipinski definition) is 1. The number of aliphatic hydroxyl groups excluding tert-OH is 1. The van der Waals surface area contributed by atoms with Crippen molar-refractivity contribution in [1.82, 2.24) is 0 Å². The van der Waals surface area contributed by atoms with Crippen molar-refractivity contribution in [3.63, 3.8) is 0 Å². The molecule has 2 rings (SSSR count). The molecule has 0 radical (unpaired) electrons. The molecule has 1 aromatic rings. The molecular weight excluding hydrogens is 236 g/mol. The summed E-state index contributed by atoms with van der Waals surface area (Å²) in [6.07, 6.45) is 7.18. The van der Waals surface area contributed by atoms with Crippen LogP contribution < -0.4 is 4.74 Å². The molecule has 0 aromatic heterocycles. The van der Waals surface area contributed by atoms with Crippen molar-refractivity contribution in [2.75, 3.05) is 7.11 Å². The molecule has 1 unspecified atom stereocenters. The second-order valence-corrected chi connectivity index (χ2v) is 5.92. The monoisotopic (exact) mass is 262 g/mol. The third kappa shape index (κ3) is 3.50. The summed E-state index contributed by atoms with van der Waals surface area (Å²) in [6.45, 7) is 4.08. The molecule has 0 aliphatic heterocycles. The molecule has 1 fully saturated rings. The van der Waals surface area contributed by atoms with Gasteiger partial charge in [-0.2, -0.15) is 0 Å². The smallest absolute Gasteiger partial charge is 0.122 e. The molecule has 19 heavy (non-hydrogen) atoms. The molecule has 1 aromatic carbocycles. The highest BCUT2D eigenvalue weighted by molar-refractivity contribution is 5.42. The standard InChI is InChI=1S/C17H26O2/c1-12-11-17(19-3)13(2)10-15(12)16(18)9-8-14-6-4-5-7-14/h10-11,14,16,18H,4-9H2,1-3H3. The second-order valence-electron chi connectivity index (χ2n) is 5.92. The van der Waals surface area contributed by atoms with Crippen LogP contribution in [0.15, 0.2) is 12.1 Å². The summed E-state index contributed by atoms with van der Waals surface area (Å²) < 4.78 is 5.32. The Labute approximate surface area is 116 Å². The van der Waals surface area contributed by atoms with Crippen LogP contribution in [0.2, 0.25) is 0 Å². The molecule has 1 atom stereocenters. The zero-order valence-electron chi connectivity index (χ0n) is 12.4. The van der Waals surface area contributed by atoms with Gasteiger partial charge in [-0.05, 0) is 61.4 Å². The van der Waals surface area contributed by atoms with Crippen molar-refractivity contribution in [3.8, 4) is 5.75 Å². The van der Waals surface area contributed by atoms with Crippen LogP contribution >= 0.6 is 0 Å². The van der Waals surface area contributed by atoms with Crippen LogP contribution in [-0.4, -0.2) is 12.2 Å².